The zero-order valence-corrected chi connectivity index (χ0v) is 16.3. The first-order chi connectivity index (χ1) is 14.1. The number of H-pyrrole nitrogens is 1. The highest BCUT2D eigenvalue weighted by Crippen LogP contribution is 2.48. The van der Waals surface area contributed by atoms with Crippen molar-refractivity contribution >= 4 is 16.8 Å². The Kier molecular flexibility index (Phi) is 4.49. The van der Waals surface area contributed by atoms with Gasteiger partial charge in [-0.3, -0.25) is 9.78 Å². The number of pyridine rings is 1. The number of hydrogen-bond donors (Lipinski definition) is 2. The van der Waals surface area contributed by atoms with Crippen LogP contribution in [-0.4, -0.2) is 22.5 Å². The Morgan fingerprint density at radius 1 is 1.31 bits per heavy atom. The second kappa shape index (κ2) is 7.17. The maximum absolute atomic E-state index is 13.4. The summed E-state index contributed by atoms with van der Waals surface area (Å²) in [6.07, 6.45) is 5.04. The van der Waals surface area contributed by atoms with E-state index in [-0.39, 0.29) is 29.6 Å². The van der Waals surface area contributed by atoms with Crippen LogP contribution in [0.2, 0.25) is 0 Å². The fourth-order valence-electron chi connectivity index (χ4n) is 3.78. The zero-order chi connectivity index (χ0) is 20.0. The van der Waals surface area contributed by atoms with E-state index in [1.54, 1.807) is 12.3 Å². The molecule has 3 atom stereocenters. The second-order valence-corrected chi connectivity index (χ2v) is 8.31. The van der Waals surface area contributed by atoms with E-state index >= 15 is 0 Å². The van der Waals surface area contributed by atoms with Gasteiger partial charge in [0, 0.05) is 28.4 Å². The summed E-state index contributed by atoms with van der Waals surface area (Å²) in [5.41, 5.74) is 2.71. The van der Waals surface area contributed by atoms with E-state index in [2.05, 4.69) is 15.3 Å². The van der Waals surface area contributed by atoms with Crippen LogP contribution >= 0.6 is 0 Å². The molecule has 0 saturated heterocycles. The summed E-state index contributed by atoms with van der Waals surface area (Å²) >= 11 is 0. The lowest BCUT2D eigenvalue weighted by atomic mass is 10.1. The average molecular weight is 393 g/mol. The first kappa shape index (κ1) is 18.2. The number of amides is 1. The molecule has 150 valence electrons. The first-order valence-electron chi connectivity index (χ1n) is 10.2. The molecule has 2 aliphatic carbocycles. The van der Waals surface area contributed by atoms with E-state index in [4.69, 9.17) is 4.74 Å². The van der Waals surface area contributed by atoms with Crippen LogP contribution in [0.1, 0.15) is 49.5 Å². The zero-order valence-electron chi connectivity index (χ0n) is 16.3. The molecule has 2 heterocycles. The normalized spacial score (nSPS) is 21.7. The van der Waals surface area contributed by atoms with Crippen LogP contribution in [0, 0.1) is 17.7 Å². The van der Waals surface area contributed by atoms with E-state index in [0.717, 1.165) is 41.1 Å². The summed E-state index contributed by atoms with van der Waals surface area (Å²) in [6, 6.07) is 10.3. The molecule has 5 nitrogen and oxygen atoms in total. The minimum absolute atomic E-state index is 0.0307. The fourth-order valence-corrected chi connectivity index (χ4v) is 3.78. The van der Waals surface area contributed by atoms with Gasteiger partial charge in [-0.1, -0.05) is 0 Å². The molecule has 1 aromatic carbocycles. The van der Waals surface area contributed by atoms with Gasteiger partial charge in [-0.25, -0.2) is 4.39 Å². The molecule has 1 amide bonds. The van der Waals surface area contributed by atoms with Gasteiger partial charge >= 0.3 is 0 Å². The van der Waals surface area contributed by atoms with Crippen LogP contribution in [0.4, 0.5) is 4.39 Å². The van der Waals surface area contributed by atoms with Crippen LogP contribution in [0.25, 0.3) is 10.9 Å². The Morgan fingerprint density at radius 2 is 2.17 bits per heavy atom. The topological polar surface area (TPSA) is 67.0 Å². The Bertz CT molecular complexity index is 1040. The number of carbonyl (C=O) groups excluding carboxylic acids is 1. The lowest BCUT2D eigenvalue weighted by Crippen LogP contribution is -2.29. The maximum atomic E-state index is 13.4. The first-order valence-corrected chi connectivity index (χ1v) is 10.2. The lowest BCUT2D eigenvalue weighted by molar-refractivity contribution is -0.123. The van der Waals surface area contributed by atoms with Gasteiger partial charge in [0.05, 0.1) is 24.5 Å². The largest absolute Gasteiger partial charge is 0.492 e. The monoisotopic (exact) mass is 393 g/mol. The molecule has 0 aliphatic heterocycles. The van der Waals surface area contributed by atoms with Crippen molar-refractivity contribution in [2.45, 2.75) is 38.1 Å². The third kappa shape index (κ3) is 3.97. The van der Waals surface area contributed by atoms with Crippen molar-refractivity contribution in [1.29, 1.82) is 0 Å². The molecule has 29 heavy (non-hydrogen) atoms. The number of ether oxygens (including phenoxy) is 1. The minimum atomic E-state index is -0.251. The highest BCUT2D eigenvalue weighted by Gasteiger charge is 2.45. The van der Waals surface area contributed by atoms with Crippen molar-refractivity contribution in [2.75, 3.05) is 6.61 Å². The SMILES string of the molecule is C[C@@H](NC(=O)[C@@H]1C[C@H]1c1cc2cc(F)ccc2[nH]1)c1ccc(OCC2CC2)cn1. The Labute approximate surface area is 168 Å². The van der Waals surface area contributed by atoms with Gasteiger partial charge in [0.2, 0.25) is 5.91 Å². The smallest absolute Gasteiger partial charge is 0.224 e. The summed E-state index contributed by atoms with van der Waals surface area (Å²) in [4.78, 5) is 20.4. The summed E-state index contributed by atoms with van der Waals surface area (Å²) < 4.78 is 19.1. The van der Waals surface area contributed by atoms with Gasteiger partial charge in [0.15, 0.2) is 0 Å². The van der Waals surface area contributed by atoms with Gasteiger partial charge in [-0.15, -0.1) is 0 Å². The highest BCUT2D eigenvalue weighted by molar-refractivity contribution is 5.85. The molecular formula is C23H24FN3O2. The van der Waals surface area contributed by atoms with Crippen molar-refractivity contribution in [3.05, 3.63) is 59.8 Å². The van der Waals surface area contributed by atoms with E-state index in [1.165, 1.54) is 25.0 Å². The molecule has 2 fully saturated rings. The van der Waals surface area contributed by atoms with Gasteiger partial charge < -0.3 is 15.0 Å². The molecule has 0 bridgehead atoms. The van der Waals surface area contributed by atoms with Gasteiger partial charge in [-0.2, -0.15) is 0 Å². The fraction of sp³-hybridized carbons (Fsp3) is 0.391. The standard InChI is InChI=1S/C23H24FN3O2/c1-13(20-7-5-17(11-25-20)29-12-14-2-3-14)26-23(28)19-10-18(19)22-9-15-8-16(24)4-6-21(15)27-22/h4-9,11,13-14,18-19,27H,2-3,10,12H2,1H3,(H,26,28)/t13-,18-,19-/m1/s1. The lowest BCUT2D eigenvalue weighted by Gasteiger charge is -2.14. The van der Waals surface area contributed by atoms with Crippen molar-refractivity contribution < 1.29 is 13.9 Å². The molecular weight excluding hydrogens is 369 g/mol. The van der Waals surface area contributed by atoms with Crippen LogP contribution in [0.5, 0.6) is 5.75 Å². The number of aromatic nitrogens is 2. The third-order valence-electron chi connectivity index (χ3n) is 5.87. The maximum Gasteiger partial charge on any atom is 0.224 e. The molecule has 2 aromatic heterocycles. The number of nitrogens with zero attached hydrogens (tertiary/aromatic N) is 1. The molecule has 6 heteroatoms. The number of benzene rings is 1. The van der Waals surface area contributed by atoms with Crippen molar-refractivity contribution in [2.24, 2.45) is 11.8 Å². The Hall–Kier alpha value is -2.89. The Morgan fingerprint density at radius 3 is 2.93 bits per heavy atom. The molecule has 2 saturated carbocycles. The molecule has 0 spiro atoms. The number of carbonyl (C=O) groups is 1. The van der Waals surface area contributed by atoms with Crippen molar-refractivity contribution in [3.8, 4) is 5.75 Å². The molecule has 5 rings (SSSR count). The molecule has 3 aromatic rings. The minimum Gasteiger partial charge on any atom is -0.492 e. The van der Waals surface area contributed by atoms with E-state index in [1.807, 2.05) is 25.1 Å². The second-order valence-electron chi connectivity index (χ2n) is 8.31. The summed E-state index contributed by atoms with van der Waals surface area (Å²) in [6.45, 7) is 2.70. The average Bonchev–Trinajstić information content (AvgIpc) is 3.63. The quantitative estimate of drug-likeness (QED) is 0.622. The molecule has 0 unspecified atom stereocenters. The van der Waals surface area contributed by atoms with Gasteiger partial charge in [-0.05, 0) is 68.5 Å². The van der Waals surface area contributed by atoms with E-state index in [0.29, 0.717) is 5.92 Å². The highest BCUT2D eigenvalue weighted by atomic mass is 19.1. The Balaban J connectivity index is 1.18. The number of nitrogens with one attached hydrogen (secondary N) is 2. The predicted molar refractivity (Wildman–Crippen MR) is 108 cm³/mol. The number of aromatic amines is 1. The van der Waals surface area contributed by atoms with Crippen LogP contribution in [0.15, 0.2) is 42.6 Å². The number of hydrogen-bond acceptors (Lipinski definition) is 3. The van der Waals surface area contributed by atoms with E-state index in [9.17, 15) is 9.18 Å². The predicted octanol–water partition coefficient (Wildman–Crippen LogP) is 4.47. The third-order valence-corrected chi connectivity index (χ3v) is 5.87. The molecule has 0 radical (unpaired) electrons. The van der Waals surface area contributed by atoms with Gasteiger partial charge in [0.1, 0.15) is 11.6 Å². The summed E-state index contributed by atoms with van der Waals surface area (Å²) in [5.74, 6) is 1.36. The number of halogens is 1. The summed E-state index contributed by atoms with van der Waals surface area (Å²) in [7, 11) is 0. The summed E-state index contributed by atoms with van der Waals surface area (Å²) in [5, 5.41) is 3.90. The van der Waals surface area contributed by atoms with E-state index < -0.39 is 0 Å². The van der Waals surface area contributed by atoms with Crippen LogP contribution in [0.3, 0.4) is 0 Å². The van der Waals surface area contributed by atoms with Crippen LogP contribution in [-0.2, 0) is 4.79 Å². The van der Waals surface area contributed by atoms with Crippen LogP contribution < -0.4 is 10.1 Å². The molecule has 2 N–H and O–H groups in total. The van der Waals surface area contributed by atoms with Gasteiger partial charge in [0.25, 0.3) is 0 Å². The number of rotatable bonds is 7. The number of fused-ring (bicyclic) bond motifs is 1. The van der Waals surface area contributed by atoms with Crippen molar-refractivity contribution in [1.82, 2.24) is 15.3 Å². The molecule has 2 aliphatic rings. The van der Waals surface area contributed by atoms with Crippen molar-refractivity contribution in [3.63, 3.8) is 0 Å².